The van der Waals surface area contributed by atoms with Crippen molar-refractivity contribution in [3.05, 3.63) is 32.4 Å². The van der Waals surface area contributed by atoms with Gasteiger partial charge in [-0.2, -0.15) is 0 Å². The van der Waals surface area contributed by atoms with Crippen LogP contribution in [0.5, 0.6) is 5.75 Å². The highest BCUT2D eigenvalue weighted by molar-refractivity contribution is 7.12. The number of ether oxygens (including phenoxy) is 1. The number of methoxy groups -OCH3 is 1. The number of amides is 1. The smallest absolute Gasteiger partial charge is 0.265 e. The molecule has 0 aliphatic carbocycles. The van der Waals surface area contributed by atoms with Crippen LogP contribution in [0.2, 0.25) is 0 Å². The fourth-order valence-corrected chi connectivity index (χ4v) is 2.83. The van der Waals surface area contributed by atoms with Gasteiger partial charge in [0.25, 0.3) is 5.91 Å². The van der Waals surface area contributed by atoms with Gasteiger partial charge in [0.05, 0.1) is 13.7 Å². The first-order valence-electron chi connectivity index (χ1n) is 5.01. The Balaban J connectivity index is 1.98. The lowest BCUT2D eigenvalue weighted by Gasteiger charge is -2.03. The fraction of sp³-hybridized carbons (Fsp3) is 0.273. The second kappa shape index (κ2) is 5.29. The van der Waals surface area contributed by atoms with E-state index in [1.54, 1.807) is 24.5 Å². The summed E-state index contributed by atoms with van der Waals surface area (Å²) in [5, 5.41) is 7.54. The maximum absolute atomic E-state index is 11.9. The highest BCUT2D eigenvalue weighted by atomic mass is 32.1. The van der Waals surface area contributed by atoms with Crippen molar-refractivity contribution in [1.29, 1.82) is 0 Å². The first-order chi connectivity index (χ1) is 8.20. The third-order valence-corrected chi connectivity index (χ3v) is 3.98. The van der Waals surface area contributed by atoms with E-state index in [1.165, 1.54) is 11.3 Å². The molecule has 1 amide bonds. The standard InChI is InChI=1S/C11H12N2O2S2/c1-7-6-17-9(13-7)5-12-11(14)10-8(15-2)3-4-16-10/h3-4,6H,5H2,1-2H3,(H,12,14). The Bertz CT molecular complexity index is 519. The summed E-state index contributed by atoms with van der Waals surface area (Å²) in [4.78, 5) is 16.7. The molecule has 6 heteroatoms. The summed E-state index contributed by atoms with van der Waals surface area (Å²) in [5.74, 6) is 0.493. The molecular formula is C11H12N2O2S2. The number of hydrogen-bond donors (Lipinski definition) is 1. The SMILES string of the molecule is COc1ccsc1C(=O)NCc1nc(C)cs1. The molecule has 0 bridgehead atoms. The van der Waals surface area contributed by atoms with Crippen molar-refractivity contribution < 1.29 is 9.53 Å². The van der Waals surface area contributed by atoms with Crippen LogP contribution in [-0.4, -0.2) is 18.0 Å². The number of carbonyl (C=O) groups excluding carboxylic acids is 1. The van der Waals surface area contributed by atoms with E-state index in [1.807, 2.05) is 17.7 Å². The van der Waals surface area contributed by atoms with Gasteiger partial charge in [0.15, 0.2) is 0 Å². The van der Waals surface area contributed by atoms with Crippen molar-refractivity contribution in [2.45, 2.75) is 13.5 Å². The minimum absolute atomic E-state index is 0.121. The minimum atomic E-state index is -0.121. The predicted octanol–water partition coefficient (Wildman–Crippen LogP) is 2.45. The van der Waals surface area contributed by atoms with E-state index in [-0.39, 0.29) is 5.91 Å². The summed E-state index contributed by atoms with van der Waals surface area (Å²) in [5.41, 5.74) is 0.980. The van der Waals surface area contributed by atoms with Gasteiger partial charge in [-0.3, -0.25) is 4.79 Å². The number of thiazole rings is 1. The molecule has 0 radical (unpaired) electrons. The van der Waals surface area contributed by atoms with Gasteiger partial charge < -0.3 is 10.1 Å². The van der Waals surface area contributed by atoms with Gasteiger partial charge in [-0.15, -0.1) is 22.7 Å². The van der Waals surface area contributed by atoms with Crippen LogP contribution < -0.4 is 10.1 Å². The van der Waals surface area contributed by atoms with Crippen molar-refractivity contribution in [2.24, 2.45) is 0 Å². The summed E-state index contributed by atoms with van der Waals surface area (Å²) in [7, 11) is 1.56. The summed E-state index contributed by atoms with van der Waals surface area (Å²) in [6.45, 7) is 2.39. The number of nitrogens with one attached hydrogen (secondary N) is 1. The lowest BCUT2D eigenvalue weighted by atomic mass is 10.4. The average Bonchev–Trinajstić information content (AvgIpc) is 2.94. The Morgan fingerprint density at radius 1 is 1.53 bits per heavy atom. The molecule has 1 N–H and O–H groups in total. The van der Waals surface area contributed by atoms with Gasteiger partial charge >= 0.3 is 0 Å². The molecule has 0 unspecified atom stereocenters. The summed E-state index contributed by atoms with van der Waals surface area (Å²) < 4.78 is 5.10. The third-order valence-electron chi connectivity index (χ3n) is 2.12. The van der Waals surface area contributed by atoms with Crippen LogP contribution in [0.4, 0.5) is 0 Å². The number of thiophene rings is 1. The van der Waals surface area contributed by atoms with E-state index >= 15 is 0 Å². The molecule has 4 nitrogen and oxygen atoms in total. The second-order valence-corrected chi connectivity index (χ2v) is 5.24. The van der Waals surface area contributed by atoms with Crippen molar-refractivity contribution in [3.63, 3.8) is 0 Å². The number of carbonyl (C=O) groups is 1. The van der Waals surface area contributed by atoms with Crippen molar-refractivity contribution in [2.75, 3.05) is 7.11 Å². The lowest BCUT2D eigenvalue weighted by Crippen LogP contribution is -2.22. The minimum Gasteiger partial charge on any atom is -0.495 e. The fourth-order valence-electron chi connectivity index (χ4n) is 1.34. The molecule has 2 aromatic rings. The van der Waals surface area contributed by atoms with Gasteiger partial charge in [-0.05, 0) is 18.4 Å². The van der Waals surface area contributed by atoms with Gasteiger partial charge in [-0.25, -0.2) is 4.98 Å². The maximum atomic E-state index is 11.9. The zero-order chi connectivity index (χ0) is 12.3. The molecule has 2 aromatic heterocycles. The molecule has 0 saturated heterocycles. The topological polar surface area (TPSA) is 51.2 Å². The first-order valence-corrected chi connectivity index (χ1v) is 6.77. The van der Waals surface area contributed by atoms with Gasteiger partial charge in [-0.1, -0.05) is 0 Å². The van der Waals surface area contributed by atoms with Crippen LogP contribution in [0, 0.1) is 6.92 Å². The van der Waals surface area contributed by atoms with Crippen molar-refractivity contribution in [1.82, 2.24) is 10.3 Å². The Kier molecular flexibility index (Phi) is 3.75. The van der Waals surface area contributed by atoms with Gasteiger partial charge in [0.1, 0.15) is 15.6 Å². The van der Waals surface area contributed by atoms with E-state index in [9.17, 15) is 4.79 Å². The van der Waals surface area contributed by atoms with E-state index in [4.69, 9.17) is 4.74 Å². The Hall–Kier alpha value is -1.40. The molecule has 0 aromatic carbocycles. The normalized spacial score (nSPS) is 10.2. The monoisotopic (exact) mass is 268 g/mol. The van der Waals surface area contributed by atoms with Crippen LogP contribution >= 0.6 is 22.7 Å². The van der Waals surface area contributed by atoms with E-state index in [0.717, 1.165) is 10.7 Å². The van der Waals surface area contributed by atoms with Crippen LogP contribution in [0.25, 0.3) is 0 Å². The van der Waals surface area contributed by atoms with Crippen molar-refractivity contribution in [3.8, 4) is 5.75 Å². The number of aryl methyl sites for hydroxylation is 1. The lowest BCUT2D eigenvalue weighted by molar-refractivity contribution is 0.0952. The van der Waals surface area contributed by atoms with Crippen LogP contribution in [0.1, 0.15) is 20.4 Å². The largest absolute Gasteiger partial charge is 0.495 e. The molecule has 17 heavy (non-hydrogen) atoms. The van der Waals surface area contributed by atoms with Crippen LogP contribution in [-0.2, 0) is 6.54 Å². The zero-order valence-corrected chi connectivity index (χ0v) is 11.2. The van der Waals surface area contributed by atoms with Crippen molar-refractivity contribution >= 4 is 28.6 Å². The second-order valence-electron chi connectivity index (χ2n) is 3.38. The van der Waals surface area contributed by atoms with E-state index in [0.29, 0.717) is 17.2 Å². The molecule has 0 aliphatic heterocycles. The van der Waals surface area contributed by atoms with Crippen LogP contribution in [0.3, 0.4) is 0 Å². The highest BCUT2D eigenvalue weighted by Crippen LogP contribution is 2.24. The number of nitrogens with zero attached hydrogens (tertiary/aromatic N) is 1. The zero-order valence-electron chi connectivity index (χ0n) is 9.52. The molecular weight excluding hydrogens is 256 g/mol. The molecule has 0 atom stereocenters. The molecule has 0 fully saturated rings. The first kappa shape index (κ1) is 12.1. The molecule has 0 spiro atoms. The Morgan fingerprint density at radius 2 is 2.35 bits per heavy atom. The molecule has 2 heterocycles. The average molecular weight is 268 g/mol. The summed E-state index contributed by atoms with van der Waals surface area (Å²) in [6.07, 6.45) is 0. The maximum Gasteiger partial charge on any atom is 0.265 e. The number of rotatable bonds is 4. The Morgan fingerprint density at radius 3 is 3.00 bits per heavy atom. The highest BCUT2D eigenvalue weighted by Gasteiger charge is 2.13. The van der Waals surface area contributed by atoms with Gasteiger partial charge in [0, 0.05) is 11.1 Å². The number of aromatic nitrogens is 1. The predicted molar refractivity (Wildman–Crippen MR) is 68.9 cm³/mol. The molecule has 0 aliphatic rings. The summed E-state index contributed by atoms with van der Waals surface area (Å²) in [6, 6.07) is 1.78. The molecule has 0 saturated carbocycles. The number of hydrogen-bond acceptors (Lipinski definition) is 5. The summed E-state index contributed by atoms with van der Waals surface area (Å²) >= 11 is 2.91. The Labute approximate surface area is 107 Å². The van der Waals surface area contributed by atoms with Gasteiger partial charge in [0.2, 0.25) is 0 Å². The molecule has 2 rings (SSSR count). The molecule has 90 valence electrons. The van der Waals surface area contributed by atoms with E-state index in [2.05, 4.69) is 10.3 Å². The third kappa shape index (κ3) is 2.83. The van der Waals surface area contributed by atoms with Crippen LogP contribution in [0.15, 0.2) is 16.8 Å². The quantitative estimate of drug-likeness (QED) is 0.926. The van der Waals surface area contributed by atoms with E-state index < -0.39 is 0 Å².